The maximum Gasteiger partial charge on any atom is -0.0120 e. The Morgan fingerprint density at radius 3 is 0.914 bits per heavy atom. The number of rotatable bonds is 3. The third-order valence-electron chi connectivity index (χ3n) is 8.90. The molecule has 0 saturated carbocycles. The van der Waals surface area contributed by atoms with Crippen LogP contribution in [0.15, 0.2) is 42.5 Å². The molecule has 4 rings (SSSR count). The van der Waals surface area contributed by atoms with E-state index in [2.05, 4.69) is 119 Å². The molecule has 0 aliphatic heterocycles. The Morgan fingerprint density at radius 1 is 0.286 bits per heavy atom. The topological polar surface area (TPSA) is 0 Å². The van der Waals surface area contributed by atoms with Crippen LogP contribution in [0.4, 0.5) is 0 Å². The van der Waals surface area contributed by atoms with Crippen molar-refractivity contribution in [3.8, 4) is 33.4 Å². The Bertz CT molecular complexity index is 1310. The molecule has 180 valence electrons. The average Bonchev–Trinajstić information content (AvgIpc) is 2.84. The van der Waals surface area contributed by atoms with E-state index in [1.165, 1.54) is 94.6 Å². The third kappa shape index (κ3) is 4.14. The van der Waals surface area contributed by atoms with Crippen molar-refractivity contribution in [3.63, 3.8) is 0 Å². The molecule has 0 N–H and O–H groups in total. The molecule has 0 heteroatoms. The van der Waals surface area contributed by atoms with E-state index in [1.54, 1.807) is 0 Å². The largest absolute Gasteiger partial charge is 0.0587 e. The van der Waals surface area contributed by atoms with Crippen LogP contribution in [-0.2, 0) is 0 Å². The second-order valence-electron chi connectivity index (χ2n) is 10.7. The van der Waals surface area contributed by atoms with E-state index in [0.29, 0.717) is 0 Å². The van der Waals surface area contributed by atoms with Crippen LogP contribution in [0, 0.1) is 76.2 Å². The molecule has 0 saturated heterocycles. The number of hydrogen-bond acceptors (Lipinski definition) is 0. The SMILES string of the molecule is Cc1ccc(-c2cc(-c3c(C)c(C)c(C)c(C)c3C)cc(-c3c(C)c(C)c(C)c(C)c3C)c2)cc1. The van der Waals surface area contributed by atoms with Crippen molar-refractivity contribution >= 4 is 0 Å². The smallest absolute Gasteiger partial charge is 0.0120 e. The quantitative estimate of drug-likeness (QED) is 0.285. The van der Waals surface area contributed by atoms with Gasteiger partial charge in [0, 0.05) is 0 Å². The van der Waals surface area contributed by atoms with Crippen molar-refractivity contribution < 1.29 is 0 Å². The van der Waals surface area contributed by atoms with E-state index >= 15 is 0 Å². The minimum absolute atomic E-state index is 1.27. The normalized spacial score (nSPS) is 11.3. The first-order valence-corrected chi connectivity index (χ1v) is 12.8. The summed E-state index contributed by atoms with van der Waals surface area (Å²) in [4.78, 5) is 0. The summed E-state index contributed by atoms with van der Waals surface area (Å²) in [5, 5.41) is 0. The van der Waals surface area contributed by atoms with E-state index in [-0.39, 0.29) is 0 Å². The van der Waals surface area contributed by atoms with Crippen LogP contribution >= 0.6 is 0 Å². The van der Waals surface area contributed by atoms with Gasteiger partial charge in [-0.3, -0.25) is 0 Å². The second kappa shape index (κ2) is 9.15. The van der Waals surface area contributed by atoms with Crippen molar-refractivity contribution in [3.05, 3.63) is 104 Å². The van der Waals surface area contributed by atoms with Gasteiger partial charge in [0.25, 0.3) is 0 Å². The van der Waals surface area contributed by atoms with Crippen LogP contribution in [-0.4, -0.2) is 0 Å². The molecule has 0 amide bonds. The van der Waals surface area contributed by atoms with Gasteiger partial charge < -0.3 is 0 Å². The maximum atomic E-state index is 2.44. The van der Waals surface area contributed by atoms with Crippen LogP contribution in [0.5, 0.6) is 0 Å². The highest BCUT2D eigenvalue weighted by Crippen LogP contribution is 2.41. The van der Waals surface area contributed by atoms with E-state index in [0.717, 1.165) is 0 Å². The van der Waals surface area contributed by atoms with Gasteiger partial charge >= 0.3 is 0 Å². The van der Waals surface area contributed by atoms with Crippen molar-refractivity contribution in [2.75, 3.05) is 0 Å². The minimum atomic E-state index is 1.27. The Labute approximate surface area is 213 Å². The van der Waals surface area contributed by atoms with Gasteiger partial charge in [-0.05, 0) is 183 Å². The molecule has 0 aliphatic carbocycles. The highest BCUT2D eigenvalue weighted by Gasteiger charge is 2.19. The fourth-order valence-corrected chi connectivity index (χ4v) is 5.69. The van der Waals surface area contributed by atoms with Gasteiger partial charge in [0.2, 0.25) is 0 Å². The van der Waals surface area contributed by atoms with Crippen molar-refractivity contribution in [1.29, 1.82) is 0 Å². The van der Waals surface area contributed by atoms with Crippen molar-refractivity contribution in [1.82, 2.24) is 0 Å². The molecule has 0 unspecified atom stereocenters. The fourth-order valence-electron chi connectivity index (χ4n) is 5.69. The Hall–Kier alpha value is -3.12. The lowest BCUT2D eigenvalue weighted by Gasteiger charge is -2.23. The van der Waals surface area contributed by atoms with Crippen molar-refractivity contribution in [2.24, 2.45) is 0 Å². The Kier molecular flexibility index (Phi) is 6.54. The van der Waals surface area contributed by atoms with Gasteiger partial charge in [0.15, 0.2) is 0 Å². The molecule has 0 aliphatic rings. The molecule has 4 aromatic rings. The van der Waals surface area contributed by atoms with E-state index in [9.17, 15) is 0 Å². The molecule has 0 fully saturated rings. The summed E-state index contributed by atoms with van der Waals surface area (Å²) in [6, 6.07) is 16.2. The summed E-state index contributed by atoms with van der Waals surface area (Å²) in [6.07, 6.45) is 0. The molecule has 0 heterocycles. The average molecular weight is 461 g/mol. The summed E-state index contributed by atoms with van der Waals surface area (Å²) in [6.45, 7) is 24.9. The monoisotopic (exact) mass is 460 g/mol. The predicted molar refractivity (Wildman–Crippen MR) is 155 cm³/mol. The first-order chi connectivity index (χ1) is 16.4. The zero-order valence-corrected chi connectivity index (χ0v) is 23.5. The molecule has 0 nitrogen and oxygen atoms in total. The van der Waals surface area contributed by atoms with Crippen LogP contribution in [0.25, 0.3) is 33.4 Å². The zero-order chi connectivity index (χ0) is 25.8. The lowest BCUT2D eigenvalue weighted by molar-refractivity contribution is 1.17. The lowest BCUT2D eigenvalue weighted by Crippen LogP contribution is -2.02. The van der Waals surface area contributed by atoms with Gasteiger partial charge in [-0.25, -0.2) is 0 Å². The van der Waals surface area contributed by atoms with Crippen LogP contribution in [0.1, 0.15) is 61.2 Å². The van der Waals surface area contributed by atoms with Crippen LogP contribution in [0.2, 0.25) is 0 Å². The summed E-state index contributed by atoms with van der Waals surface area (Å²) < 4.78 is 0. The summed E-state index contributed by atoms with van der Waals surface area (Å²) in [5.41, 5.74) is 23.2. The summed E-state index contributed by atoms with van der Waals surface area (Å²) in [7, 11) is 0. The van der Waals surface area contributed by atoms with Gasteiger partial charge in [-0.15, -0.1) is 0 Å². The molecule has 0 spiro atoms. The fraction of sp³-hybridized carbons (Fsp3) is 0.314. The molecular formula is C35H40. The number of hydrogen-bond donors (Lipinski definition) is 0. The Balaban J connectivity index is 2.12. The van der Waals surface area contributed by atoms with Gasteiger partial charge in [0.05, 0.1) is 0 Å². The highest BCUT2D eigenvalue weighted by atomic mass is 14.2. The highest BCUT2D eigenvalue weighted by molar-refractivity contribution is 5.86. The predicted octanol–water partition coefficient (Wildman–Crippen LogP) is 10.1. The minimum Gasteiger partial charge on any atom is -0.0587 e. The lowest BCUT2D eigenvalue weighted by atomic mass is 9.82. The standard InChI is InChI=1S/C35H40/c1-19-12-14-30(15-13-19)31-16-32(34-26(8)22(4)20(2)23(5)27(34)9)18-33(17-31)35-28(10)24(6)21(3)25(7)29(35)11/h12-18H,1-11H3. The molecule has 0 aromatic heterocycles. The second-order valence-corrected chi connectivity index (χ2v) is 10.7. The maximum absolute atomic E-state index is 2.44. The Morgan fingerprint density at radius 2 is 0.571 bits per heavy atom. The molecular weight excluding hydrogens is 420 g/mol. The summed E-state index contributed by atoms with van der Waals surface area (Å²) in [5.74, 6) is 0. The summed E-state index contributed by atoms with van der Waals surface area (Å²) >= 11 is 0. The van der Waals surface area contributed by atoms with E-state index < -0.39 is 0 Å². The van der Waals surface area contributed by atoms with Gasteiger partial charge in [-0.2, -0.15) is 0 Å². The third-order valence-corrected chi connectivity index (χ3v) is 8.90. The molecule has 4 aromatic carbocycles. The van der Waals surface area contributed by atoms with Gasteiger partial charge in [0.1, 0.15) is 0 Å². The van der Waals surface area contributed by atoms with Gasteiger partial charge in [-0.1, -0.05) is 29.8 Å². The number of aryl methyl sites for hydroxylation is 1. The number of benzene rings is 4. The van der Waals surface area contributed by atoms with Crippen molar-refractivity contribution in [2.45, 2.75) is 76.2 Å². The molecule has 35 heavy (non-hydrogen) atoms. The van der Waals surface area contributed by atoms with E-state index in [1.807, 2.05) is 0 Å². The van der Waals surface area contributed by atoms with E-state index in [4.69, 9.17) is 0 Å². The van der Waals surface area contributed by atoms with Crippen LogP contribution < -0.4 is 0 Å². The molecule has 0 atom stereocenters. The first-order valence-electron chi connectivity index (χ1n) is 12.8. The molecule has 0 radical (unpaired) electrons. The first kappa shape index (κ1) is 25.0. The van der Waals surface area contributed by atoms with Crippen LogP contribution in [0.3, 0.4) is 0 Å². The zero-order valence-electron chi connectivity index (χ0n) is 23.5. The molecule has 0 bridgehead atoms.